The molecule has 2 atom stereocenters. The SMILES string of the molecule is CCCOc1cc(NC2CC2c2ccccc2)ccc1N. The van der Waals surface area contributed by atoms with E-state index in [0.29, 0.717) is 24.3 Å². The third kappa shape index (κ3) is 3.30. The van der Waals surface area contributed by atoms with Crippen molar-refractivity contribution in [3.05, 3.63) is 54.1 Å². The van der Waals surface area contributed by atoms with Gasteiger partial charge in [0.2, 0.25) is 0 Å². The molecule has 1 saturated carbocycles. The highest BCUT2D eigenvalue weighted by Gasteiger charge is 2.38. The first-order chi connectivity index (χ1) is 10.3. The molecule has 1 fully saturated rings. The number of anilines is 2. The second kappa shape index (κ2) is 6.08. The third-order valence-corrected chi connectivity index (χ3v) is 3.85. The van der Waals surface area contributed by atoms with Crippen LogP contribution in [0.25, 0.3) is 0 Å². The average molecular weight is 282 g/mol. The van der Waals surface area contributed by atoms with Crippen LogP contribution in [0.15, 0.2) is 48.5 Å². The quantitative estimate of drug-likeness (QED) is 0.786. The molecule has 0 aromatic heterocycles. The van der Waals surface area contributed by atoms with Gasteiger partial charge in [0.05, 0.1) is 12.3 Å². The van der Waals surface area contributed by atoms with Crippen molar-refractivity contribution in [3.63, 3.8) is 0 Å². The summed E-state index contributed by atoms with van der Waals surface area (Å²) in [5.41, 5.74) is 9.13. The fraction of sp³-hybridized carbons (Fsp3) is 0.333. The highest BCUT2D eigenvalue weighted by Crippen LogP contribution is 2.43. The molecule has 0 heterocycles. The van der Waals surface area contributed by atoms with Crippen molar-refractivity contribution in [1.29, 1.82) is 0 Å². The van der Waals surface area contributed by atoms with Crippen LogP contribution in [-0.2, 0) is 0 Å². The standard InChI is InChI=1S/C18H22N2O/c1-2-10-21-18-11-14(8-9-16(18)19)20-17-12-15(17)13-6-4-3-5-7-13/h3-9,11,15,17,20H,2,10,12,19H2,1H3. The molecule has 1 aliphatic carbocycles. The Labute approximate surface area is 126 Å². The zero-order valence-electron chi connectivity index (χ0n) is 12.4. The van der Waals surface area contributed by atoms with E-state index in [-0.39, 0.29) is 0 Å². The molecule has 2 aromatic carbocycles. The van der Waals surface area contributed by atoms with E-state index < -0.39 is 0 Å². The molecule has 3 rings (SSSR count). The summed E-state index contributed by atoms with van der Waals surface area (Å²) in [6.07, 6.45) is 2.16. The monoisotopic (exact) mass is 282 g/mol. The summed E-state index contributed by atoms with van der Waals surface area (Å²) in [6, 6.07) is 17.1. The Balaban J connectivity index is 1.64. The topological polar surface area (TPSA) is 47.3 Å². The highest BCUT2D eigenvalue weighted by atomic mass is 16.5. The number of ether oxygens (including phenoxy) is 1. The van der Waals surface area contributed by atoms with E-state index in [9.17, 15) is 0 Å². The molecule has 0 saturated heterocycles. The lowest BCUT2D eigenvalue weighted by molar-refractivity contribution is 0.319. The maximum Gasteiger partial charge on any atom is 0.144 e. The van der Waals surface area contributed by atoms with Gasteiger partial charge in [0, 0.05) is 23.7 Å². The minimum Gasteiger partial charge on any atom is -0.491 e. The fourth-order valence-electron chi connectivity index (χ4n) is 2.60. The van der Waals surface area contributed by atoms with Gasteiger partial charge in [-0.25, -0.2) is 0 Å². The van der Waals surface area contributed by atoms with Crippen LogP contribution in [-0.4, -0.2) is 12.6 Å². The van der Waals surface area contributed by atoms with E-state index in [4.69, 9.17) is 10.5 Å². The molecule has 3 nitrogen and oxygen atoms in total. The first kappa shape index (κ1) is 13.8. The lowest BCUT2D eigenvalue weighted by Crippen LogP contribution is -2.05. The molecule has 0 aliphatic heterocycles. The second-order valence-electron chi connectivity index (χ2n) is 5.60. The van der Waals surface area contributed by atoms with Crippen molar-refractivity contribution in [2.24, 2.45) is 0 Å². The Morgan fingerprint density at radius 3 is 2.76 bits per heavy atom. The van der Waals surface area contributed by atoms with Gasteiger partial charge >= 0.3 is 0 Å². The summed E-state index contributed by atoms with van der Waals surface area (Å²) in [5.74, 6) is 1.39. The molecule has 0 amide bonds. The van der Waals surface area contributed by atoms with Crippen LogP contribution in [0, 0.1) is 0 Å². The molecule has 2 unspecified atom stereocenters. The summed E-state index contributed by atoms with van der Waals surface area (Å²) < 4.78 is 5.68. The van der Waals surface area contributed by atoms with E-state index in [2.05, 4.69) is 42.6 Å². The van der Waals surface area contributed by atoms with E-state index in [1.807, 2.05) is 18.2 Å². The second-order valence-corrected chi connectivity index (χ2v) is 5.60. The van der Waals surface area contributed by atoms with Crippen LogP contribution in [0.4, 0.5) is 11.4 Å². The van der Waals surface area contributed by atoms with Crippen LogP contribution >= 0.6 is 0 Å². The van der Waals surface area contributed by atoms with Crippen molar-refractivity contribution in [2.75, 3.05) is 17.7 Å². The number of benzene rings is 2. The maximum absolute atomic E-state index is 5.94. The lowest BCUT2D eigenvalue weighted by Gasteiger charge is -2.11. The Morgan fingerprint density at radius 2 is 2.00 bits per heavy atom. The van der Waals surface area contributed by atoms with Gasteiger partial charge in [0.1, 0.15) is 5.75 Å². The molecule has 3 N–H and O–H groups in total. The van der Waals surface area contributed by atoms with Crippen LogP contribution in [0.3, 0.4) is 0 Å². The molecular formula is C18H22N2O. The van der Waals surface area contributed by atoms with Crippen molar-refractivity contribution in [1.82, 2.24) is 0 Å². The van der Waals surface area contributed by atoms with Gasteiger partial charge in [-0.2, -0.15) is 0 Å². The largest absolute Gasteiger partial charge is 0.491 e. The van der Waals surface area contributed by atoms with Gasteiger partial charge in [-0.1, -0.05) is 37.3 Å². The minimum absolute atomic E-state index is 0.509. The number of hydrogen-bond acceptors (Lipinski definition) is 3. The lowest BCUT2D eigenvalue weighted by atomic mass is 10.1. The van der Waals surface area contributed by atoms with Crippen molar-refractivity contribution < 1.29 is 4.74 Å². The Hall–Kier alpha value is -2.16. The maximum atomic E-state index is 5.94. The van der Waals surface area contributed by atoms with Crippen LogP contribution in [0.5, 0.6) is 5.75 Å². The summed E-state index contributed by atoms with van der Waals surface area (Å²) in [7, 11) is 0. The Bertz CT molecular complexity index is 597. The number of nitrogens with two attached hydrogens (primary N) is 1. The van der Waals surface area contributed by atoms with E-state index in [1.165, 1.54) is 12.0 Å². The summed E-state index contributed by atoms with van der Waals surface area (Å²) >= 11 is 0. The predicted octanol–water partition coefficient (Wildman–Crippen LogP) is 4.03. The van der Waals surface area contributed by atoms with Crippen molar-refractivity contribution in [2.45, 2.75) is 31.7 Å². The summed E-state index contributed by atoms with van der Waals surface area (Å²) in [5, 5.41) is 3.57. The molecule has 21 heavy (non-hydrogen) atoms. The van der Waals surface area contributed by atoms with E-state index in [0.717, 1.165) is 17.9 Å². The number of nitrogen functional groups attached to an aromatic ring is 1. The number of nitrogens with one attached hydrogen (secondary N) is 1. The van der Waals surface area contributed by atoms with Gasteiger partial charge in [0.15, 0.2) is 0 Å². The van der Waals surface area contributed by atoms with E-state index in [1.54, 1.807) is 0 Å². The zero-order valence-corrected chi connectivity index (χ0v) is 12.4. The Morgan fingerprint density at radius 1 is 1.19 bits per heavy atom. The van der Waals surface area contributed by atoms with Crippen LogP contribution in [0.1, 0.15) is 31.2 Å². The first-order valence-electron chi connectivity index (χ1n) is 7.61. The molecule has 3 heteroatoms. The normalized spacial score (nSPS) is 20.0. The van der Waals surface area contributed by atoms with Gasteiger partial charge in [-0.3, -0.25) is 0 Å². The molecule has 2 aromatic rings. The predicted molar refractivity (Wildman–Crippen MR) is 87.9 cm³/mol. The average Bonchev–Trinajstić information content (AvgIpc) is 3.28. The first-order valence-corrected chi connectivity index (χ1v) is 7.61. The number of rotatable bonds is 6. The van der Waals surface area contributed by atoms with Crippen molar-refractivity contribution >= 4 is 11.4 Å². The molecule has 1 aliphatic rings. The summed E-state index contributed by atoms with van der Waals surface area (Å²) in [4.78, 5) is 0. The van der Waals surface area contributed by atoms with Crippen molar-refractivity contribution in [3.8, 4) is 5.75 Å². The van der Waals surface area contributed by atoms with Gasteiger partial charge < -0.3 is 15.8 Å². The minimum atomic E-state index is 0.509. The molecule has 0 radical (unpaired) electrons. The molecular weight excluding hydrogens is 260 g/mol. The molecule has 0 bridgehead atoms. The number of hydrogen-bond donors (Lipinski definition) is 2. The van der Waals surface area contributed by atoms with Gasteiger partial charge in [-0.15, -0.1) is 0 Å². The third-order valence-electron chi connectivity index (χ3n) is 3.85. The molecule has 110 valence electrons. The van der Waals surface area contributed by atoms with Gasteiger partial charge in [0.25, 0.3) is 0 Å². The molecule has 0 spiro atoms. The van der Waals surface area contributed by atoms with Gasteiger partial charge in [-0.05, 0) is 30.5 Å². The fourth-order valence-corrected chi connectivity index (χ4v) is 2.60. The van der Waals surface area contributed by atoms with Crippen LogP contribution in [0.2, 0.25) is 0 Å². The summed E-state index contributed by atoms with van der Waals surface area (Å²) in [6.45, 7) is 2.79. The smallest absolute Gasteiger partial charge is 0.144 e. The van der Waals surface area contributed by atoms with E-state index >= 15 is 0 Å². The Kier molecular flexibility index (Phi) is 4.00. The zero-order chi connectivity index (χ0) is 14.7. The highest BCUT2D eigenvalue weighted by molar-refractivity contribution is 5.62. The van der Waals surface area contributed by atoms with Crippen LogP contribution < -0.4 is 15.8 Å².